The van der Waals surface area contributed by atoms with E-state index in [0.29, 0.717) is 13.0 Å². The Morgan fingerprint density at radius 1 is 1.62 bits per heavy atom. The van der Waals surface area contributed by atoms with Crippen LogP contribution in [-0.4, -0.2) is 44.9 Å². The first-order chi connectivity index (χ1) is 5.89. The van der Waals surface area contributed by atoms with Crippen LogP contribution in [0.1, 0.15) is 20.3 Å². The predicted molar refractivity (Wildman–Crippen MR) is 53.0 cm³/mol. The third-order valence-electron chi connectivity index (χ3n) is 2.96. The van der Waals surface area contributed by atoms with Gasteiger partial charge in [0.2, 0.25) is 0 Å². The van der Waals surface area contributed by atoms with Gasteiger partial charge in [-0.25, -0.2) is 0 Å². The molecular formula is C9H18BNO2. The fourth-order valence-electron chi connectivity index (χ4n) is 1.64. The first kappa shape index (κ1) is 11.0. The summed E-state index contributed by atoms with van der Waals surface area (Å²) in [5, 5.41) is 12.5. The highest BCUT2D eigenvalue weighted by Crippen LogP contribution is 2.41. The normalized spacial score (nSPS) is 36.2. The number of nitrogens with one attached hydrogen (secondary N) is 1. The first-order valence-corrected chi connectivity index (χ1v) is 4.64. The molecule has 0 bridgehead atoms. The van der Waals surface area contributed by atoms with Gasteiger partial charge in [-0.1, -0.05) is 0 Å². The largest absolute Gasteiger partial charge is 0.391 e. The zero-order valence-electron chi connectivity index (χ0n) is 8.63. The molecule has 1 aliphatic rings. The van der Waals surface area contributed by atoms with Gasteiger partial charge in [0, 0.05) is 13.7 Å². The Balaban J connectivity index is 2.68. The maximum atomic E-state index is 9.89. The van der Waals surface area contributed by atoms with Gasteiger partial charge in [-0.15, -0.1) is 0 Å². The van der Waals surface area contributed by atoms with Gasteiger partial charge in [0.1, 0.15) is 0 Å². The van der Waals surface area contributed by atoms with E-state index < -0.39 is 10.9 Å². The SMILES string of the molecule is [B][C@]1(C(C)(C)O)CNC[C@H](OC)C1. The van der Waals surface area contributed by atoms with Crippen molar-refractivity contribution in [2.45, 2.75) is 37.3 Å². The molecule has 0 unspecified atom stereocenters. The molecule has 13 heavy (non-hydrogen) atoms. The standard InChI is InChI=1S/C9H18BNO2/c1-8(2,12)9(10)4-7(13-3)5-11-6-9/h7,11-12H,4-6H2,1-3H3/t7-,9+/m1/s1. The van der Waals surface area contributed by atoms with Gasteiger partial charge < -0.3 is 15.2 Å². The number of methoxy groups -OCH3 is 1. The fraction of sp³-hybridized carbons (Fsp3) is 1.00. The Labute approximate surface area is 81.3 Å². The minimum atomic E-state index is -0.878. The maximum absolute atomic E-state index is 9.89. The van der Waals surface area contributed by atoms with Crippen molar-refractivity contribution in [1.29, 1.82) is 0 Å². The van der Waals surface area contributed by atoms with Crippen molar-refractivity contribution in [2.24, 2.45) is 0 Å². The molecular weight excluding hydrogens is 165 g/mol. The summed E-state index contributed by atoms with van der Waals surface area (Å²) in [5.74, 6) is 0. The van der Waals surface area contributed by atoms with Crippen molar-refractivity contribution in [2.75, 3.05) is 20.2 Å². The number of piperidine rings is 1. The van der Waals surface area contributed by atoms with E-state index in [9.17, 15) is 5.11 Å². The van der Waals surface area contributed by atoms with Crippen molar-refractivity contribution in [1.82, 2.24) is 5.32 Å². The van der Waals surface area contributed by atoms with Crippen LogP contribution in [0.2, 0.25) is 5.31 Å². The summed E-state index contributed by atoms with van der Waals surface area (Å²) >= 11 is 0. The van der Waals surface area contributed by atoms with E-state index in [4.69, 9.17) is 12.6 Å². The number of hydrogen-bond donors (Lipinski definition) is 2. The summed E-state index contributed by atoms with van der Waals surface area (Å²) in [5.41, 5.74) is -0.878. The van der Waals surface area contributed by atoms with Crippen molar-refractivity contribution >= 4 is 7.85 Å². The molecule has 1 rings (SSSR count). The Hall–Kier alpha value is -0.0551. The summed E-state index contributed by atoms with van der Waals surface area (Å²) in [6.07, 6.45) is 0.796. The third-order valence-corrected chi connectivity index (χ3v) is 2.96. The predicted octanol–water partition coefficient (Wildman–Crippen LogP) is 0.0928. The highest BCUT2D eigenvalue weighted by molar-refractivity contribution is 6.16. The van der Waals surface area contributed by atoms with E-state index in [-0.39, 0.29) is 6.10 Å². The molecule has 3 nitrogen and oxygen atoms in total. The lowest BCUT2D eigenvalue weighted by Gasteiger charge is -2.46. The van der Waals surface area contributed by atoms with Crippen LogP contribution in [0.15, 0.2) is 0 Å². The number of ether oxygens (including phenoxy) is 1. The Kier molecular flexibility index (Phi) is 3.05. The Bertz CT molecular complexity index is 181. The van der Waals surface area contributed by atoms with Crippen LogP contribution in [0.4, 0.5) is 0 Å². The highest BCUT2D eigenvalue weighted by atomic mass is 16.5. The number of hydrogen-bond acceptors (Lipinski definition) is 3. The Morgan fingerprint density at radius 3 is 2.69 bits per heavy atom. The summed E-state index contributed by atoms with van der Waals surface area (Å²) in [6, 6.07) is 0. The molecule has 1 heterocycles. The zero-order chi connectivity index (χ0) is 10.1. The Morgan fingerprint density at radius 2 is 2.23 bits per heavy atom. The summed E-state index contributed by atoms with van der Waals surface area (Å²) in [6.45, 7) is 4.93. The van der Waals surface area contributed by atoms with Crippen LogP contribution in [0, 0.1) is 0 Å². The van der Waals surface area contributed by atoms with Gasteiger partial charge in [0.05, 0.1) is 19.6 Å². The van der Waals surface area contributed by atoms with E-state index in [1.54, 1.807) is 21.0 Å². The molecule has 2 radical (unpaired) electrons. The lowest BCUT2D eigenvalue weighted by atomic mass is 9.55. The quantitative estimate of drug-likeness (QED) is 0.596. The molecule has 0 aromatic heterocycles. The zero-order valence-corrected chi connectivity index (χ0v) is 8.63. The van der Waals surface area contributed by atoms with Crippen LogP contribution in [-0.2, 0) is 4.74 Å². The second-order valence-electron chi connectivity index (χ2n) is 4.41. The molecule has 0 aromatic carbocycles. The molecule has 1 fully saturated rings. The van der Waals surface area contributed by atoms with Crippen molar-refractivity contribution in [3.05, 3.63) is 0 Å². The smallest absolute Gasteiger partial charge is 0.0803 e. The van der Waals surface area contributed by atoms with Gasteiger partial charge in [-0.3, -0.25) is 0 Å². The monoisotopic (exact) mass is 183 g/mol. The van der Waals surface area contributed by atoms with E-state index in [1.807, 2.05) is 0 Å². The summed E-state index contributed by atoms with van der Waals surface area (Å²) in [4.78, 5) is 0. The molecule has 74 valence electrons. The van der Waals surface area contributed by atoms with Gasteiger partial charge >= 0.3 is 0 Å². The molecule has 0 amide bonds. The number of aliphatic hydroxyl groups is 1. The average Bonchev–Trinajstić information content (AvgIpc) is 2.02. The maximum Gasteiger partial charge on any atom is 0.0803 e. The van der Waals surface area contributed by atoms with Gasteiger partial charge in [-0.2, -0.15) is 0 Å². The van der Waals surface area contributed by atoms with E-state index in [1.165, 1.54) is 0 Å². The molecule has 1 saturated heterocycles. The first-order valence-electron chi connectivity index (χ1n) is 4.64. The molecule has 0 aromatic rings. The second kappa shape index (κ2) is 3.60. The van der Waals surface area contributed by atoms with Gasteiger partial charge in [-0.05, 0) is 32.1 Å². The van der Waals surface area contributed by atoms with E-state index in [2.05, 4.69) is 5.32 Å². The van der Waals surface area contributed by atoms with E-state index >= 15 is 0 Å². The van der Waals surface area contributed by atoms with E-state index in [0.717, 1.165) is 6.54 Å². The molecule has 0 spiro atoms. The van der Waals surface area contributed by atoms with Gasteiger partial charge in [0.15, 0.2) is 0 Å². The fourth-order valence-corrected chi connectivity index (χ4v) is 1.64. The molecule has 1 aliphatic heterocycles. The topological polar surface area (TPSA) is 41.5 Å². The molecule has 2 atom stereocenters. The van der Waals surface area contributed by atoms with Crippen molar-refractivity contribution < 1.29 is 9.84 Å². The second-order valence-corrected chi connectivity index (χ2v) is 4.41. The lowest BCUT2D eigenvalue weighted by molar-refractivity contribution is -0.0208. The summed E-state index contributed by atoms with van der Waals surface area (Å²) < 4.78 is 5.23. The summed E-state index contributed by atoms with van der Waals surface area (Å²) in [7, 11) is 7.78. The average molecular weight is 183 g/mol. The molecule has 0 saturated carbocycles. The lowest BCUT2D eigenvalue weighted by Crippen LogP contribution is -2.53. The molecule has 0 aliphatic carbocycles. The van der Waals surface area contributed by atoms with Crippen LogP contribution >= 0.6 is 0 Å². The number of rotatable bonds is 2. The van der Waals surface area contributed by atoms with Crippen LogP contribution in [0.5, 0.6) is 0 Å². The highest BCUT2D eigenvalue weighted by Gasteiger charge is 2.42. The minimum absolute atomic E-state index is 0.102. The molecule has 4 heteroatoms. The van der Waals surface area contributed by atoms with Gasteiger partial charge in [0.25, 0.3) is 0 Å². The van der Waals surface area contributed by atoms with Crippen LogP contribution < -0.4 is 5.32 Å². The minimum Gasteiger partial charge on any atom is -0.391 e. The van der Waals surface area contributed by atoms with Crippen molar-refractivity contribution in [3.8, 4) is 0 Å². The third kappa shape index (κ3) is 2.24. The van der Waals surface area contributed by atoms with Crippen LogP contribution in [0.25, 0.3) is 0 Å². The molecule has 2 N–H and O–H groups in total. The van der Waals surface area contributed by atoms with Crippen LogP contribution in [0.3, 0.4) is 0 Å². The van der Waals surface area contributed by atoms with Crippen molar-refractivity contribution in [3.63, 3.8) is 0 Å².